The molecule has 0 saturated carbocycles. The Balaban J connectivity index is 2.06. The maximum Gasteiger partial charge on any atom is 0.285 e. The van der Waals surface area contributed by atoms with Gasteiger partial charge >= 0.3 is 0 Å². The van der Waals surface area contributed by atoms with Crippen LogP contribution in [-0.4, -0.2) is 21.4 Å². The summed E-state index contributed by atoms with van der Waals surface area (Å²) in [7, 11) is -2.40. The summed E-state index contributed by atoms with van der Waals surface area (Å²) in [4.78, 5) is 0.00711. The molecule has 0 saturated heterocycles. The van der Waals surface area contributed by atoms with E-state index in [-0.39, 0.29) is 22.0 Å². The van der Waals surface area contributed by atoms with Crippen LogP contribution in [0.2, 0.25) is 0 Å². The summed E-state index contributed by atoms with van der Waals surface area (Å²) in [5, 5.41) is 2.62. The zero-order valence-electron chi connectivity index (χ0n) is 11.3. The molecule has 0 aromatic heterocycles. The number of nitrogens with zero attached hydrogens (tertiary/aromatic N) is 1. The van der Waals surface area contributed by atoms with E-state index in [4.69, 9.17) is 4.74 Å². The predicted octanol–water partition coefficient (Wildman–Crippen LogP) is 2.53. The number of ether oxygens (including phenoxy) is 1. The molecular weight excluding hydrogens is 314 g/mol. The van der Waals surface area contributed by atoms with Gasteiger partial charge in [0, 0.05) is 17.3 Å². The van der Waals surface area contributed by atoms with E-state index in [0.717, 1.165) is 18.2 Å². The molecule has 0 amide bonds. The monoisotopic (exact) mass is 324 g/mol. The first-order valence-electron chi connectivity index (χ1n) is 6.15. The molecule has 0 fully saturated rings. The summed E-state index contributed by atoms with van der Waals surface area (Å²) in [6.07, 6.45) is 0. The minimum absolute atomic E-state index is 0.00711. The lowest BCUT2D eigenvalue weighted by molar-refractivity contribution is 0.414. The molecule has 0 bridgehead atoms. The molecule has 1 aliphatic heterocycles. The van der Waals surface area contributed by atoms with Gasteiger partial charge in [-0.1, -0.05) is 0 Å². The van der Waals surface area contributed by atoms with Crippen molar-refractivity contribution < 1.29 is 21.9 Å². The van der Waals surface area contributed by atoms with Crippen molar-refractivity contribution in [3.8, 4) is 5.75 Å². The van der Waals surface area contributed by atoms with Crippen LogP contribution in [0.15, 0.2) is 45.7 Å². The summed E-state index contributed by atoms with van der Waals surface area (Å²) in [6.45, 7) is 0. The van der Waals surface area contributed by atoms with E-state index >= 15 is 0 Å². The number of anilines is 1. The van der Waals surface area contributed by atoms with E-state index in [1.54, 1.807) is 0 Å². The van der Waals surface area contributed by atoms with E-state index in [1.165, 1.54) is 25.3 Å². The van der Waals surface area contributed by atoms with E-state index in [9.17, 15) is 17.2 Å². The number of amidine groups is 1. The first-order valence-corrected chi connectivity index (χ1v) is 7.59. The van der Waals surface area contributed by atoms with Crippen molar-refractivity contribution in [2.75, 3.05) is 12.4 Å². The molecule has 1 N–H and O–H groups in total. The Hall–Kier alpha value is -2.48. The molecule has 2 aromatic carbocycles. The molecule has 0 aliphatic carbocycles. The Morgan fingerprint density at radius 3 is 2.41 bits per heavy atom. The Morgan fingerprint density at radius 1 is 1.09 bits per heavy atom. The number of halogens is 2. The van der Waals surface area contributed by atoms with Crippen LogP contribution >= 0.6 is 0 Å². The van der Waals surface area contributed by atoms with Crippen molar-refractivity contribution in [3.63, 3.8) is 0 Å². The van der Waals surface area contributed by atoms with Crippen LogP contribution in [0.4, 0.5) is 14.5 Å². The minimum atomic E-state index is -3.84. The van der Waals surface area contributed by atoms with Crippen LogP contribution in [0.3, 0.4) is 0 Å². The number of hydrogen-bond acceptors (Lipinski definition) is 4. The average Bonchev–Trinajstić information content (AvgIpc) is 2.68. The molecule has 0 unspecified atom stereocenters. The Labute approximate surface area is 125 Å². The maximum atomic E-state index is 13.2. The number of sulfonamides is 1. The van der Waals surface area contributed by atoms with Crippen molar-refractivity contribution in [1.82, 2.24) is 0 Å². The van der Waals surface area contributed by atoms with Gasteiger partial charge in [-0.05, 0) is 30.3 Å². The third kappa shape index (κ3) is 2.52. The largest absolute Gasteiger partial charge is 0.497 e. The van der Waals surface area contributed by atoms with Crippen LogP contribution in [-0.2, 0) is 10.0 Å². The molecule has 22 heavy (non-hydrogen) atoms. The summed E-state index contributed by atoms with van der Waals surface area (Å²) < 4.78 is 59.0. The van der Waals surface area contributed by atoms with Crippen LogP contribution in [0.25, 0.3) is 0 Å². The van der Waals surface area contributed by atoms with Gasteiger partial charge in [-0.3, -0.25) is 0 Å². The second kappa shape index (κ2) is 5.06. The van der Waals surface area contributed by atoms with Crippen molar-refractivity contribution in [1.29, 1.82) is 0 Å². The number of benzene rings is 2. The second-order valence-electron chi connectivity index (χ2n) is 4.56. The van der Waals surface area contributed by atoms with E-state index in [1.807, 2.05) is 0 Å². The minimum Gasteiger partial charge on any atom is -0.497 e. The molecule has 1 aliphatic rings. The van der Waals surface area contributed by atoms with Crippen molar-refractivity contribution in [2.45, 2.75) is 4.90 Å². The first kappa shape index (κ1) is 14.5. The third-order valence-corrected chi connectivity index (χ3v) is 4.39. The lowest BCUT2D eigenvalue weighted by atomic mass is 10.2. The van der Waals surface area contributed by atoms with Gasteiger partial charge in [0.25, 0.3) is 10.0 Å². The maximum absolute atomic E-state index is 13.2. The Morgan fingerprint density at radius 2 is 1.77 bits per heavy atom. The highest BCUT2D eigenvalue weighted by atomic mass is 32.2. The van der Waals surface area contributed by atoms with Gasteiger partial charge in [-0.2, -0.15) is 8.42 Å². The lowest BCUT2D eigenvalue weighted by Gasteiger charge is -2.08. The molecule has 0 spiro atoms. The van der Waals surface area contributed by atoms with E-state index < -0.39 is 21.7 Å². The van der Waals surface area contributed by atoms with Gasteiger partial charge in [0.05, 0.1) is 7.11 Å². The summed E-state index contributed by atoms with van der Waals surface area (Å²) in [6, 6.07) is 7.15. The van der Waals surface area contributed by atoms with Crippen LogP contribution in [0.5, 0.6) is 5.75 Å². The normalized spacial score (nSPS) is 15.1. The highest BCUT2D eigenvalue weighted by molar-refractivity contribution is 7.90. The number of fused-ring (bicyclic) bond motifs is 1. The number of rotatable bonds is 2. The quantitative estimate of drug-likeness (QED) is 0.922. The van der Waals surface area contributed by atoms with Gasteiger partial charge in [0.2, 0.25) is 0 Å². The molecule has 0 radical (unpaired) electrons. The second-order valence-corrected chi connectivity index (χ2v) is 6.13. The number of methoxy groups -OCH3 is 1. The first-order chi connectivity index (χ1) is 10.4. The van der Waals surface area contributed by atoms with Gasteiger partial charge in [0.1, 0.15) is 22.3 Å². The standard InChI is InChI=1S/C14H10F2N2O3S/c1-21-11-2-3-13-12(7-11)14(18-22(13,19)20)17-10-5-8(15)4-9(16)6-10/h2-7H,1H3,(H,17,18). The molecule has 3 rings (SSSR count). The fourth-order valence-electron chi connectivity index (χ4n) is 2.12. The van der Waals surface area contributed by atoms with Crippen molar-refractivity contribution >= 4 is 21.5 Å². The average molecular weight is 324 g/mol. The van der Waals surface area contributed by atoms with Gasteiger partial charge in [-0.25, -0.2) is 8.78 Å². The van der Waals surface area contributed by atoms with Gasteiger partial charge in [0.15, 0.2) is 5.84 Å². The topological polar surface area (TPSA) is 67.8 Å². The highest BCUT2D eigenvalue weighted by Gasteiger charge is 2.29. The predicted molar refractivity (Wildman–Crippen MR) is 76.7 cm³/mol. The van der Waals surface area contributed by atoms with Crippen molar-refractivity contribution in [3.05, 3.63) is 53.6 Å². The number of nitrogens with one attached hydrogen (secondary N) is 1. The molecule has 114 valence electrons. The smallest absolute Gasteiger partial charge is 0.285 e. The molecule has 8 heteroatoms. The summed E-state index contributed by atoms with van der Waals surface area (Å²) in [5.41, 5.74) is 0.339. The highest BCUT2D eigenvalue weighted by Crippen LogP contribution is 2.30. The molecule has 1 heterocycles. The molecule has 2 aromatic rings. The lowest BCUT2D eigenvalue weighted by Crippen LogP contribution is -2.12. The van der Waals surface area contributed by atoms with Crippen LogP contribution in [0, 0.1) is 11.6 Å². The zero-order valence-corrected chi connectivity index (χ0v) is 12.1. The zero-order chi connectivity index (χ0) is 15.9. The van der Waals surface area contributed by atoms with E-state index in [2.05, 4.69) is 9.71 Å². The van der Waals surface area contributed by atoms with Crippen molar-refractivity contribution in [2.24, 2.45) is 4.40 Å². The summed E-state index contributed by atoms with van der Waals surface area (Å²) in [5.74, 6) is -1.14. The molecular formula is C14H10F2N2O3S. The molecule has 0 atom stereocenters. The van der Waals surface area contributed by atoms with Gasteiger partial charge < -0.3 is 10.1 Å². The SMILES string of the molecule is COc1ccc2c(c1)C(Nc1cc(F)cc(F)c1)=NS2(=O)=O. The fraction of sp³-hybridized carbons (Fsp3) is 0.0714. The number of hydrogen-bond donors (Lipinski definition) is 1. The van der Waals surface area contributed by atoms with Crippen LogP contribution in [0.1, 0.15) is 5.56 Å². The van der Waals surface area contributed by atoms with E-state index in [0.29, 0.717) is 5.75 Å². The summed E-state index contributed by atoms with van der Waals surface area (Å²) >= 11 is 0. The Kier molecular flexibility index (Phi) is 3.32. The Bertz CT molecular complexity index is 875. The molecule has 5 nitrogen and oxygen atoms in total. The third-order valence-electron chi connectivity index (χ3n) is 3.06. The van der Waals surface area contributed by atoms with Gasteiger partial charge in [-0.15, -0.1) is 4.40 Å². The van der Waals surface area contributed by atoms with Crippen LogP contribution < -0.4 is 10.1 Å². The fourth-order valence-corrected chi connectivity index (χ4v) is 3.27.